The van der Waals surface area contributed by atoms with E-state index >= 15 is 0 Å². The molecule has 4 nitrogen and oxygen atoms in total. The quantitative estimate of drug-likeness (QED) is 0.409. The first-order valence-electron chi connectivity index (χ1n) is 5.97. The van der Waals surface area contributed by atoms with Crippen molar-refractivity contribution in [1.29, 1.82) is 0 Å². The summed E-state index contributed by atoms with van der Waals surface area (Å²) in [6.45, 7) is 4.13. The summed E-state index contributed by atoms with van der Waals surface area (Å²) < 4.78 is 0. The Hall–Kier alpha value is -0.710. The zero-order valence-electron chi connectivity index (χ0n) is 9.85. The number of thioether (sulfide) groups is 1. The lowest BCUT2D eigenvalue weighted by atomic mass is 10.2. The van der Waals surface area contributed by atoms with Crippen molar-refractivity contribution in [2.75, 3.05) is 18.8 Å². The van der Waals surface area contributed by atoms with E-state index in [1.54, 1.807) is 11.8 Å². The van der Waals surface area contributed by atoms with Gasteiger partial charge in [0.25, 0.3) is 6.20 Å². The van der Waals surface area contributed by atoms with E-state index in [1.165, 1.54) is 19.3 Å². The first kappa shape index (κ1) is 13.4. The highest BCUT2D eigenvalue weighted by atomic mass is 32.2. The van der Waals surface area contributed by atoms with Crippen molar-refractivity contribution in [3.63, 3.8) is 0 Å². The van der Waals surface area contributed by atoms with Crippen molar-refractivity contribution >= 4 is 11.8 Å². The van der Waals surface area contributed by atoms with Crippen LogP contribution < -0.4 is 0 Å². The molecule has 0 aliphatic carbocycles. The summed E-state index contributed by atoms with van der Waals surface area (Å²) >= 11 is 1.61. The highest BCUT2D eigenvalue weighted by Gasteiger charge is 2.17. The first-order valence-corrected chi connectivity index (χ1v) is 6.95. The fourth-order valence-corrected chi connectivity index (χ4v) is 2.80. The Morgan fingerprint density at radius 1 is 1.50 bits per heavy atom. The zero-order valence-corrected chi connectivity index (χ0v) is 10.7. The molecule has 0 N–H and O–H groups in total. The standard InChI is InChI=1S/C11H20N2O2S/c1-2-3-4-5-7-12-8-6-9-16-11(12)10-13(14)15/h10H,2-9H2,1H3. The summed E-state index contributed by atoms with van der Waals surface area (Å²) in [6, 6.07) is 0. The van der Waals surface area contributed by atoms with E-state index in [0.717, 1.165) is 42.9 Å². The van der Waals surface area contributed by atoms with Crippen molar-refractivity contribution in [3.05, 3.63) is 21.3 Å². The van der Waals surface area contributed by atoms with Gasteiger partial charge >= 0.3 is 0 Å². The number of unbranched alkanes of at least 4 members (excludes halogenated alkanes) is 3. The van der Waals surface area contributed by atoms with E-state index in [1.807, 2.05) is 0 Å². The second-order valence-corrected chi connectivity index (χ2v) is 5.12. The van der Waals surface area contributed by atoms with E-state index < -0.39 is 0 Å². The minimum Gasteiger partial charge on any atom is -0.361 e. The van der Waals surface area contributed by atoms with Crippen LogP contribution in [0.1, 0.15) is 39.0 Å². The maximum absolute atomic E-state index is 10.5. The highest BCUT2D eigenvalue weighted by Crippen LogP contribution is 2.26. The number of rotatable bonds is 6. The van der Waals surface area contributed by atoms with Crippen LogP contribution >= 0.6 is 11.8 Å². The molecule has 1 saturated heterocycles. The van der Waals surface area contributed by atoms with Crippen LogP contribution in [0.3, 0.4) is 0 Å². The van der Waals surface area contributed by atoms with Crippen LogP contribution in [0.2, 0.25) is 0 Å². The van der Waals surface area contributed by atoms with E-state index in [2.05, 4.69) is 11.8 Å². The molecule has 0 unspecified atom stereocenters. The summed E-state index contributed by atoms with van der Waals surface area (Å²) in [7, 11) is 0. The zero-order chi connectivity index (χ0) is 11.8. The van der Waals surface area contributed by atoms with Crippen LogP contribution in [0.4, 0.5) is 0 Å². The maximum Gasteiger partial charge on any atom is 0.264 e. The lowest BCUT2D eigenvalue weighted by molar-refractivity contribution is -0.403. The van der Waals surface area contributed by atoms with Crippen LogP contribution in [-0.2, 0) is 0 Å². The van der Waals surface area contributed by atoms with Gasteiger partial charge in [-0.3, -0.25) is 10.1 Å². The molecule has 5 heteroatoms. The Balaban J connectivity index is 2.38. The average molecular weight is 244 g/mol. The first-order chi connectivity index (χ1) is 7.74. The summed E-state index contributed by atoms with van der Waals surface area (Å²) in [6.07, 6.45) is 7.14. The molecular formula is C11H20N2O2S. The van der Waals surface area contributed by atoms with Crippen LogP contribution in [0.25, 0.3) is 0 Å². The SMILES string of the molecule is CCCCCCN1CCCSC1=C[N+](=O)[O-]. The van der Waals surface area contributed by atoms with E-state index in [4.69, 9.17) is 0 Å². The van der Waals surface area contributed by atoms with Gasteiger partial charge in [-0.25, -0.2) is 0 Å². The van der Waals surface area contributed by atoms with Gasteiger partial charge in [0, 0.05) is 18.8 Å². The van der Waals surface area contributed by atoms with Crippen molar-refractivity contribution in [3.8, 4) is 0 Å². The molecule has 0 aromatic heterocycles. The summed E-state index contributed by atoms with van der Waals surface area (Å²) in [5.41, 5.74) is 0. The Bertz CT molecular complexity index is 256. The lowest BCUT2D eigenvalue weighted by Gasteiger charge is -2.29. The van der Waals surface area contributed by atoms with Gasteiger partial charge < -0.3 is 4.90 Å². The Kier molecular flexibility index (Phi) is 6.30. The van der Waals surface area contributed by atoms with Crippen LogP contribution in [0.5, 0.6) is 0 Å². The van der Waals surface area contributed by atoms with Gasteiger partial charge in [0.05, 0.1) is 4.92 Å². The number of nitrogens with zero attached hydrogens (tertiary/aromatic N) is 2. The van der Waals surface area contributed by atoms with Gasteiger partial charge in [0.2, 0.25) is 0 Å². The molecule has 1 aliphatic rings. The van der Waals surface area contributed by atoms with Crippen molar-refractivity contribution in [2.24, 2.45) is 0 Å². The third kappa shape index (κ3) is 4.88. The summed E-state index contributed by atoms with van der Waals surface area (Å²) in [5.74, 6) is 1.01. The third-order valence-corrected chi connectivity index (χ3v) is 3.78. The Morgan fingerprint density at radius 2 is 2.31 bits per heavy atom. The minimum atomic E-state index is -0.341. The molecular weight excluding hydrogens is 224 g/mol. The smallest absolute Gasteiger partial charge is 0.264 e. The van der Waals surface area contributed by atoms with Crippen molar-refractivity contribution in [1.82, 2.24) is 4.90 Å². The fourth-order valence-electron chi connectivity index (χ4n) is 1.79. The molecule has 16 heavy (non-hydrogen) atoms. The maximum atomic E-state index is 10.5. The molecule has 1 rings (SSSR count). The van der Waals surface area contributed by atoms with Gasteiger partial charge in [-0.1, -0.05) is 26.2 Å². The van der Waals surface area contributed by atoms with Gasteiger partial charge in [0.1, 0.15) is 5.03 Å². The molecule has 0 amide bonds. The third-order valence-electron chi connectivity index (χ3n) is 2.63. The summed E-state index contributed by atoms with van der Waals surface area (Å²) in [4.78, 5) is 12.3. The topological polar surface area (TPSA) is 46.4 Å². The van der Waals surface area contributed by atoms with Gasteiger partial charge in [-0.2, -0.15) is 0 Å². The molecule has 0 bridgehead atoms. The molecule has 0 aromatic rings. The molecule has 0 aromatic carbocycles. The summed E-state index contributed by atoms with van der Waals surface area (Å²) in [5, 5.41) is 11.3. The Labute approximate surface area is 101 Å². The number of nitro groups is 1. The number of hydrogen-bond acceptors (Lipinski definition) is 4. The van der Waals surface area contributed by atoms with Crippen LogP contribution in [-0.4, -0.2) is 28.7 Å². The lowest BCUT2D eigenvalue weighted by Crippen LogP contribution is -2.28. The van der Waals surface area contributed by atoms with E-state index in [-0.39, 0.29) is 4.92 Å². The van der Waals surface area contributed by atoms with Gasteiger partial charge in [-0.05, 0) is 12.8 Å². The van der Waals surface area contributed by atoms with E-state index in [9.17, 15) is 10.1 Å². The normalized spacial score (nSPS) is 19.1. The monoisotopic (exact) mass is 244 g/mol. The second kappa shape index (κ2) is 7.54. The van der Waals surface area contributed by atoms with Crippen molar-refractivity contribution < 1.29 is 4.92 Å². The van der Waals surface area contributed by atoms with Crippen LogP contribution in [0.15, 0.2) is 11.2 Å². The largest absolute Gasteiger partial charge is 0.361 e. The molecule has 92 valence electrons. The second-order valence-electron chi connectivity index (χ2n) is 4.00. The molecule has 0 radical (unpaired) electrons. The molecule has 1 fully saturated rings. The molecule has 1 heterocycles. The van der Waals surface area contributed by atoms with Gasteiger partial charge in [-0.15, -0.1) is 11.8 Å². The predicted molar refractivity (Wildman–Crippen MR) is 67.9 cm³/mol. The van der Waals surface area contributed by atoms with Gasteiger partial charge in [0.15, 0.2) is 0 Å². The molecule has 0 spiro atoms. The number of hydrogen-bond donors (Lipinski definition) is 0. The van der Waals surface area contributed by atoms with Crippen molar-refractivity contribution in [2.45, 2.75) is 39.0 Å². The van der Waals surface area contributed by atoms with E-state index in [0.29, 0.717) is 0 Å². The fraction of sp³-hybridized carbons (Fsp3) is 0.818. The minimum absolute atomic E-state index is 0.341. The molecule has 1 aliphatic heterocycles. The highest BCUT2D eigenvalue weighted by molar-refractivity contribution is 8.03. The average Bonchev–Trinajstić information content (AvgIpc) is 2.26. The molecule has 0 saturated carbocycles. The Morgan fingerprint density at radius 3 is 3.00 bits per heavy atom. The predicted octanol–water partition coefficient (Wildman–Crippen LogP) is 3.08. The van der Waals surface area contributed by atoms with Crippen LogP contribution in [0, 0.1) is 10.1 Å². The molecule has 0 atom stereocenters.